The molecule has 0 saturated carbocycles. The summed E-state index contributed by atoms with van der Waals surface area (Å²) in [6.45, 7) is 4.92. The predicted octanol–water partition coefficient (Wildman–Crippen LogP) is 2.75. The Balaban J connectivity index is 2.32. The highest BCUT2D eigenvalue weighted by Gasteiger charge is 2.31. The molecule has 0 N–H and O–H groups in total. The van der Waals surface area contributed by atoms with Crippen LogP contribution in [0.2, 0.25) is 0 Å². The molecule has 102 valence electrons. The zero-order valence-electron chi connectivity index (χ0n) is 10.6. The first-order valence-electron chi connectivity index (χ1n) is 6.10. The van der Waals surface area contributed by atoms with Gasteiger partial charge in [0.05, 0.1) is 5.88 Å². The summed E-state index contributed by atoms with van der Waals surface area (Å²) in [6, 6.07) is 1.54. The van der Waals surface area contributed by atoms with Gasteiger partial charge in [-0.2, -0.15) is 4.31 Å². The third-order valence-corrected chi connectivity index (χ3v) is 5.53. The highest BCUT2D eigenvalue weighted by molar-refractivity contribution is 7.89. The van der Waals surface area contributed by atoms with E-state index in [0.29, 0.717) is 30.5 Å². The summed E-state index contributed by atoms with van der Waals surface area (Å²) < 4.78 is 31.9. The van der Waals surface area contributed by atoms with E-state index in [-0.39, 0.29) is 10.8 Å². The number of halogens is 1. The minimum atomic E-state index is -3.43. The number of hydrogen-bond acceptors (Lipinski definition) is 3. The fourth-order valence-electron chi connectivity index (χ4n) is 2.35. The van der Waals surface area contributed by atoms with Gasteiger partial charge >= 0.3 is 0 Å². The molecule has 2 rings (SSSR count). The second-order valence-corrected chi connectivity index (χ2v) is 7.05. The second kappa shape index (κ2) is 5.23. The molecule has 4 nitrogen and oxygen atoms in total. The molecule has 0 radical (unpaired) electrons. The third-order valence-electron chi connectivity index (χ3n) is 3.29. The number of nitrogens with zero attached hydrogens (tertiary/aromatic N) is 1. The van der Waals surface area contributed by atoms with E-state index < -0.39 is 10.0 Å². The first-order chi connectivity index (χ1) is 8.45. The molecule has 1 aromatic rings. The van der Waals surface area contributed by atoms with Gasteiger partial charge in [-0.05, 0) is 25.7 Å². The molecule has 1 saturated heterocycles. The molecule has 0 aliphatic carbocycles. The fraction of sp³-hybridized carbons (Fsp3) is 0.667. The number of rotatable bonds is 3. The zero-order valence-corrected chi connectivity index (χ0v) is 12.2. The quantitative estimate of drug-likeness (QED) is 0.805. The van der Waals surface area contributed by atoms with Crippen LogP contribution in [-0.4, -0.2) is 25.8 Å². The van der Waals surface area contributed by atoms with Crippen molar-refractivity contribution in [2.45, 2.75) is 37.5 Å². The van der Waals surface area contributed by atoms with Crippen molar-refractivity contribution in [2.24, 2.45) is 5.92 Å². The fourth-order valence-corrected chi connectivity index (χ4v) is 4.27. The molecule has 0 amide bonds. The van der Waals surface area contributed by atoms with Crippen molar-refractivity contribution in [1.82, 2.24) is 4.31 Å². The first-order valence-corrected chi connectivity index (χ1v) is 8.08. The number of aryl methyl sites for hydroxylation is 1. The summed E-state index contributed by atoms with van der Waals surface area (Å²) >= 11 is 5.67. The van der Waals surface area contributed by atoms with Gasteiger partial charge in [-0.15, -0.1) is 11.6 Å². The maximum Gasteiger partial charge on any atom is 0.246 e. The minimum Gasteiger partial charge on any atom is -0.464 e. The molecule has 18 heavy (non-hydrogen) atoms. The van der Waals surface area contributed by atoms with Crippen LogP contribution in [0, 0.1) is 12.8 Å². The maximum absolute atomic E-state index is 12.5. The van der Waals surface area contributed by atoms with Crippen molar-refractivity contribution in [3.63, 3.8) is 0 Å². The van der Waals surface area contributed by atoms with Crippen LogP contribution >= 0.6 is 11.6 Å². The average Bonchev–Trinajstić information content (AvgIpc) is 2.71. The molecule has 6 heteroatoms. The van der Waals surface area contributed by atoms with Gasteiger partial charge < -0.3 is 4.42 Å². The van der Waals surface area contributed by atoms with E-state index in [4.69, 9.17) is 16.0 Å². The predicted molar refractivity (Wildman–Crippen MR) is 70.2 cm³/mol. The molecule has 1 atom stereocenters. The summed E-state index contributed by atoms with van der Waals surface area (Å²) in [7, 11) is -3.43. The minimum absolute atomic E-state index is 0.187. The van der Waals surface area contributed by atoms with Gasteiger partial charge in [0.2, 0.25) is 10.0 Å². The van der Waals surface area contributed by atoms with Crippen molar-refractivity contribution in [3.8, 4) is 0 Å². The van der Waals surface area contributed by atoms with E-state index >= 15 is 0 Å². The molecular weight excluding hydrogens is 274 g/mol. The first kappa shape index (κ1) is 13.9. The molecule has 1 aliphatic heterocycles. The highest BCUT2D eigenvalue weighted by Crippen LogP contribution is 2.27. The van der Waals surface area contributed by atoms with Gasteiger partial charge in [0.1, 0.15) is 16.4 Å². The summed E-state index contributed by atoms with van der Waals surface area (Å²) in [5, 5.41) is 0. The van der Waals surface area contributed by atoms with Crippen LogP contribution in [0.15, 0.2) is 15.4 Å². The van der Waals surface area contributed by atoms with E-state index in [0.717, 1.165) is 12.8 Å². The normalized spacial score (nSPS) is 22.3. The van der Waals surface area contributed by atoms with E-state index in [1.165, 1.54) is 6.07 Å². The molecular formula is C12H18ClNO3S. The zero-order chi connectivity index (χ0) is 13.3. The van der Waals surface area contributed by atoms with Crippen molar-refractivity contribution < 1.29 is 12.8 Å². The second-order valence-electron chi connectivity index (χ2n) is 4.88. The van der Waals surface area contributed by atoms with E-state index in [2.05, 4.69) is 6.92 Å². The Bertz CT molecular complexity index is 523. The van der Waals surface area contributed by atoms with E-state index in [1.54, 1.807) is 11.2 Å². The monoisotopic (exact) mass is 291 g/mol. The average molecular weight is 292 g/mol. The van der Waals surface area contributed by atoms with Gasteiger partial charge in [0.25, 0.3) is 0 Å². The maximum atomic E-state index is 12.5. The smallest absolute Gasteiger partial charge is 0.246 e. The van der Waals surface area contributed by atoms with Gasteiger partial charge in [-0.25, -0.2) is 8.42 Å². The van der Waals surface area contributed by atoms with Crippen molar-refractivity contribution in [3.05, 3.63) is 17.6 Å². The Morgan fingerprint density at radius 2 is 2.28 bits per heavy atom. The number of sulfonamides is 1. The Hall–Kier alpha value is -0.520. The summed E-state index contributed by atoms with van der Waals surface area (Å²) in [5.74, 6) is 1.52. The number of piperidine rings is 1. The van der Waals surface area contributed by atoms with Gasteiger partial charge in [-0.3, -0.25) is 0 Å². The molecule has 0 aromatic carbocycles. The van der Waals surface area contributed by atoms with Crippen LogP contribution in [0.1, 0.15) is 31.3 Å². The van der Waals surface area contributed by atoms with Crippen LogP contribution in [-0.2, 0) is 15.9 Å². The molecule has 2 heterocycles. The lowest BCUT2D eigenvalue weighted by Crippen LogP contribution is -2.39. The number of alkyl halides is 1. The lowest BCUT2D eigenvalue weighted by molar-refractivity contribution is 0.281. The summed E-state index contributed by atoms with van der Waals surface area (Å²) in [6.07, 6.45) is 2.00. The number of hydrogen-bond donors (Lipinski definition) is 0. The SMILES string of the molecule is Cc1oc(CCl)cc1S(=O)(=O)N1CCCC(C)C1. The van der Waals surface area contributed by atoms with Gasteiger partial charge in [-0.1, -0.05) is 6.92 Å². The number of furan rings is 1. The van der Waals surface area contributed by atoms with Crippen LogP contribution in [0.25, 0.3) is 0 Å². The van der Waals surface area contributed by atoms with Crippen LogP contribution in [0.5, 0.6) is 0 Å². The Labute approximate surface area is 113 Å². The lowest BCUT2D eigenvalue weighted by atomic mass is 10.0. The standard InChI is InChI=1S/C12H18ClNO3S/c1-9-4-3-5-14(8-9)18(15,16)12-6-11(7-13)17-10(12)2/h6,9H,3-5,7-8H2,1-2H3. The highest BCUT2D eigenvalue weighted by atomic mass is 35.5. The molecule has 1 aliphatic rings. The largest absolute Gasteiger partial charge is 0.464 e. The van der Waals surface area contributed by atoms with Crippen molar-refractivity contribution in [2.75, 3.05) is 13.1 Å². The topological polar surface area (TPSA) is 50.5 Å². The lowest BCUT2D eigenvalue weighted by Gasteiger charge is -2.29. The summed E-state index contributed by atoms with van der Waals surface area (Å²) in [4.78, 5) is 0.257. The molecule has 1 fully saturated rings. The van der Waals surface area contributed by atoms with Gasteiger partial charge in [0, 0.05) is 19.2 Å². The summed E-state index contributed by atoms with van der Waals surface area (Å²) in [5.41, 5.74) is 0. The Morgan fingerprint density at radius 1 is 1.56 bits per heavy atom. The van der Waals surface area contributed by atoms with Crippen molar-refractivity contribution >= 4 is 21.6 Å². The van der Waals surface area contributed by atoms with Gasteiger partial charge in [0.15, 0.2) is 0 Å². The van der Waals surface area contributed by atoms with E-state index in [9.17, 15) is 8.42 Å². The molecule has 0 spiro atoms. The molecule has 0 bridgehead atoms. The Morgan fingerprint density at radius 3 is 2.83 bits per heavy atom. The Kier molecular flexibility index (Phi) is 4.04. The van der Waals surface area contributed by atoms with Crippen LogP contribution < -0.4 is 0 Å². The van der Waals surface area contributed by atoms with Crippen LogP contribution in [0.4, 0.5) is 0 Å². The van der Waals surface area contributed by atoms with Crippen molar-refractivity contribution in [1.29, 1.82) is 0 Å². The van der Waals surface area contributed by atoms with Crippen LogP contribution in [0.3, 0.4) is 0 Å². The van der Waals surface area contributed by atoms with E-state index in [1.807, 2.05) is 0 Å². The molecule has 1 aromatic heterocycles. The molecule has 1 unspecified atom stereocenters. The third kappa shape index (κ3) is 2.58.